The Hall–Kier alpha value is -1.88. The fraction of sp³-hybridized carbons (Fsp3) is 0.467. The molecule has 0 aliphatic heterocycles. The van der Waals surface area contributed by atoms with Crippen LogP contribution in [0.4, 0.5) is 0 Å². The van der Waals surface area contributed by atoms with Gasteiger partial charge in [-0.25, -0.2) is 0 Å². The Balaban J connectivity index is 2.46. The Morgan fingerprint density at radius 2 is 1.85 bits per heavy atom. The first-order valence-corrected chi connectivity index (χ1v) is 6.76. The lowest BCUT2D eigenvalue weighted by Gasteiger charge is -2.18. The molecule has 110 valence electrons. The highest BCUT2D eigenvalue weighted by Gasteiger charge is 2.09. The van der Waals surface area contributed by atoms with Gasteiger partial charge in [0.15, 0.2) is 0 Å². The minimum absolute atomic E-state index is 0.0946. The normalized spacial score (nSPS) is 10.6. The van der Waals surface area contributed by atoms with Gasteiger partial charge < -0.3 is 16.0 Å². The molecule has 1 aromatic carbocycles. The molecule has 0 atom stereocenters. The third-order valence-electron chi connectivity index (χ3n) is 2.98. The number of carbonyl (C=O) groups is 2. The molecule has 2 amide bonds. The second kappa shape index (κ2) is 7.65. The van der Waals surface area contributed by atoms with Crippen LogP contribution in [0.5, 0.6) is 0 Å². The van der Waals surface area contributed by atoms with Crippen LogP contribution in [0.1, 0.15) is 36.2 Å². The second-order valence-corrected chi connectivity index (χ2v) is 5.17. The van der Waals surface area contributed by atoms with Crippen molar-refractivity contribution >= 4 is 11.8 Å². The molecular formula is C15H23N3O2. The van der Waals surface area contributed by atoms with Crippen LogP contribution < -0.4 is 11.1 Å². The zero-order valence-corrected chi connectivity index (χ0v) is 12.3. The summed E-state index contributed by atoms with van der Waals surface area (Å²) in [7, 11) is 1.78. The fourth-order valence-corrected chi connectivity index (χ4v) is 1.80. The van der Waals surface area contributed by atoms with Crippen LogP contribution in [0.2, 0.25) is 0 Å². The number of benzene rings is 1. The summed E-state index contributed by atoms with van der Waals surface area (Å²) in [6, 6.07) is 7.37. The number of hydrogen-bond donors (Lipinski definition) is 2. The van der Waals surface area contributed by atoms with E-state index in [-0.39, 0.29) is 5.91 Å². The van der Waals surface area contributed by atoms with E-state index >= 15 is 0 Å². The molecule has 5 nitrogen and oxygen atoms in total. The number of hydrogen-bond acceptors (Lipinski definition) is 3. The van der Waals surface area contributed by atoms with E-state index in [1.807, 2.05) is 12.1 Å². The highest BCUT2D eigenvalue weighted by molar-refractivity contribution is 5.92. The van der Waals surface area contributed by atoms with Crippen LogP contribution in [-0.4, -0.2) is 36.3 Å². The maximum atomic E-state index is 11.9. The Bertz CT molecular complexity index is 455. The lowest BCUT2D eigenvalue weighted by Crippen LogP contribution is -2.31. The molecule has 0 saturated carbocycles. The van der Waals surface area contributed by atoms with E-state index in [1.165, 1.54) is 0 Å². The molecule has 0 radical (unpaired) electrons. The highest BCUT2D eigenvalue weighted by Crippen LogP contribution is 2.07. The number of nitrogens with two attached hydrogens (primary N) is 1. The molecule has 3 N–H and O–H groups in total. The predicted molar refractivity (Wildman–Crippen MR) is 79.2 cm³/mol. The summed E-state index contributed by atoms with van der Waals surface area (Å²) >= 11 is 0. The van der Waals surface area contributed by atoms with Crippen molar-refractivity contribution in [1.29, 1.82) is 0 Å². The summed E-state index contributed by atoms with van der Waals surface area (Å²) in [6.07, 6.45) is 0.480. The zero-order valence-electron chi connectivity index (χ0n) is 12.3. The average Bonchev–Trinajstić information content (AvgIpc) is 2.38. The molecule has 0 unspecified atom stereocenters. The Morgan fingerprint density at radius 1 is 1.25 bits per heavy atom. The quantitative estimate of drug-likeness (QED) is 0.784. The standard InChI is InChI=1S/C15H23N3O2/c1-11(2)17-9-8-14(19)18(3)10-12-4-6-13(7-5-12)15(16)20/h4-7,11,17H,8-10H2,1-3H3,(H2,16,20). The van der Waals surface area contributed by atoms with Gasteiger partial charge in [-0.2, -0.15) is 0 Å². The molecule has 0 aliphatic carbocycles. The molecule has 5 heteroatoms. The Morgan fingerprint density at radius 3 is 2.35 bits per heavy atom. The number of rotatable bonds is 7. The van der Waals surface area contributed by atoms with Gasteiger partial charge in [0.25, 0.3) is 0 Å². The van der Waals surface area contributed by atoms with E-state index < -0.39 is 5.91 Å². The van der Waals surface area contributed by atoms with Crippen molar-refractivity contribution < 1.29 is 9.59 Å². The van der Waals surface area contributed by atoms with E-state index in [9.17, 15) is 9.59 Å². The smallest absolute Gasteiger partial charge is 0.248 e. The van der Waals surface area contributed by atoms with Gasteiger partial charge in [-0.3, -0.25) is 9.59 Å². The van der Waals surface area contributed by atoms with Crippen LogP contribution in [0.3, 0.4) is 0 Å². The van der Waals surface area contributed by atoms with Gasteiger partial charge in [-0.15, -0.1) is 0 Å². The zero-order chi connectivity index (χ0) is 15.1. The number of nitrogens with zero attached hydrogens (tertiary/aromatic N) is 1. The van der Waals surface area contributed by atoms with Gasteiger partial charge in [-0.1, -0.05) is 26.0 Å². The first-order valence-electron chi connectivity index (χ1n) is 6.76. The molecule has 0 saturated heterocycles. The molecular weight excluding hydrogens is 254 g/mol. The molecule has 20 heavy (non-hydrogen) atoms. The van der Waals surface area contributed by atoms with Gasteiger partial charge in [-0.05, 0) is 17.7 Å². The summed E-state index contributed by atoms with van der Waals surface area (Å²) in [5.74, 6) is -0.349. The number of primary amides is 1. The van der Waals surface area contributed by atoms with Crippen molar-refractivity contribution in [3.8, 4) is 0 Å². The topological polar surface area (TPSA) is 75.4 Å². The van der Waals surface area contributed by atoms with Gasteiger partial charge in [0.2, 0.25) is 11.8 Å². The average molecular weight is 277 g/mol. The first-order chi connectivity index (χ1) is 9.40. The van der Waals surface area contributed by atoms with Crippen molar-refractivity contribution in [2.24, 2.45) is 5.73 Å². The maximum absolute atomic E-state index is 11.9. The third kappa shape index (κ3) is 5.40. The molecule has 0 fully saturated rings. The predicted octanol–water partition coefficient (Wildman–Crippen LogP) is 1.13. The van der Waals surface area contributed by atoms with Crippen molar-refractivity contribution in [3.63, 3.8) is 0 Å². The minimum Gasteiger partial charge on any atom is -0.366 e. The first kappa shape index (κ1) is 16.2. The van der Waals surface area contributed by atoms with E-state index in [4.69, 9.17) is 5.73 Å². The summed E-state index contributed by atoms with van der Waals surface area (Å²) < 4.78 is 0. The number of amides is 2. The van der Waals surface area contributed by atoms with Crippen LogP contribution >= 0.6 is 0 Å². The highest BCUT2D eigenvalue weighted by atomic mass is 16.2. The summed E-state index contributed by atoms with van der Waals surface area (Å²) in [5, 5.41) is 3.22. The van der Waals surface area contributed by atoms with E-state index in [0.717, 1.165) is 5.56 Å². The van der Waals surface area contributed by atoms with Crippen molar-refractivity contribution in [2.45, 2.75) is 32.9 Å². The van der Waals surface area contributed by atoms with Gasteiger partial charge in [0.1, 0.15) is 0 Å². The monoisotopic (exact) mass is 277 g/mol. The number of nitrogens with one attached hydrogen (secondary N) is 1. The summed E-state index contributed by atoms with van der Waals surface area (Å²) in [5.41, 5.74) is 6.63. The van der Waals surface area contributed by atoms with Gasteiger partial charge in [0, 0.05) is 38.2 Å². The van der Waals surface area contributed by atoms with E-state index in [0.29, 0.717) is 31.1 Å². The maximum Gasteiger partial charge on any atom is 0.248 e. The van der Waals surface area contributed by atoms with E-state index in [2.05, 4.69) is 19.2 Å². The molecule has 0 bridgehead atoms. The lowest BCUT2D eigenvalue weighted by molar-refractivity contribution is -0.130. The molecule has 0 aromatic heterocycles. The van der Waals surface area contributed by atoms with E-state index in [1.54, 1.807) is 24.1 Å². The molecule has 0 spiro atoms. The molecule has 0 aliphatic rings. The lowest BCUT2D eigenvalue weighted by atomic mass is 10.1. The molecule has 1 rings (SSSR count). The summed E-state index contributed by atoms with van der Waals surface area (Å²) in [4.78, 5) is 24.6. The van der Waals surface area contributed by atoms with Crippen LogP contribution in [0.25, 0.3) is 0 Å². The van der Waals surface area contributed by atoms with Gasteiger partial charge >= 0.3 is 0 Å². The van der Waals surface area contributed by atoms with Gasteiger partial charge in [0.05, 0.1) is 0 Å². The second-order valence-electron chi connectivity index (χ2n) is 5.17. The third-order valence-corrected chi connectivity index (χ3v) is 2.98. The largest absolute Gasteiger partial charge is 0.366 e. The molecule has 0 heterocycles. The van der Waals surface area contributed by atoms with Crippen LogP contribution in [0.15, 0.2) is 24.3 Å². The van der Waals surface area contributed by atoms with Crippen LogP contribution in [-0.2, 0) is 11.3 Å². The summed E-state index contributed by atoms with van der Waals surface area (Å²) in [6.45, 7) is 5.31. The fourth-order valence-electron chi connectivity index (χ4n) is 1.80. The van der Waals surface area contributed by atoms with Crippen molar-refractivity contribution in [1.82, 2.24) is 10.2 Å². The minimum atomic E-state index is -0.444. The molecule has 1 aromatic rings. The SMILES string of the molecule is CC(C)NCCC(=O)N(C)Cc1ccc(C(N)=O)cc1. The van der Waals surface area contributed by atoms with Crippen molar-refractivity contribution in [2.75, 3.05) is 13.6 Å². The van der Waals surface area contributed by atoms with Crippen LogP contribution in [0, 0.1) is 0 Å². The Kier molecular flexibility index (Phi) is 6.18. The Labute approximate surface area is 120 Å². The van der Waals surface area contributed by atoms with Crippen molar-refractivity contribution in [3.05, 3.63) is 35.4 Å². The number of carbonyl (C=O) groups excluding carboxylic acids is 2.